The van der Waals surface area contributed by atoms with E-state index in [2.05, 4.69) is 4.72 Å². The largest absolute Gasteiger partial charge is 0.454 e. The van der Waals surface area contributed by atoms with Crippen molar-refractivity contribution >= 4 is 27.6 Å². The zero-order chi connectivity index (χ0) is 17.2. The first-order chi connectivity index (χ1) is 11.4. The number of rotatable bonds is 5. The monoisotopic (exact) mass is 345 g/mol. The van der Waals surface area contributed by atoms with Crippen molar-refractivity contribution in [2.75, 3.05) is 17.8 Å². The van der Waals surface area contributed by atoms with E-state index >= 15 is 0 Å². The average molecular weight is 345 g/mol. The maximum atomic E-state index is 12.2. The summed E-state index contributed by atoms with van der Waals surface area (Å²) in [4.78, 5) is 12.2. The molecular formula is C17H15NO5S. The summed E-state index contributed by atoms with van der Waals surface area (Å²) in [5, 5.41) is 0. The smallest absolute Gasteiger partial charge is 0.231 e. The number of para-hydroxylation sites is 1. The summed E-state index contributed by atoms with van der Waals surface area (Å²) >= 11 is 0. The first kappa shape index (κ1) is 16.1. The number of hydrogen-bond donors (Lipinski definition) is 1. The number of fused-ring (bicyclic) bond motifs is 1. The van der Waals surface area contributed by atoms with Crippen LogP contribution in [0, 0.1) is 0 Å². The van der Waals surface area contributed by atoms with Crippen LogP contribution in [0.15, 0.2) is 48.5 Å². The van der Waals surface area contributed by atoms with Crippen molar-refractivity contribution in [1.82, 2.24) is 0 Å². The van der Waals surface area contributed by atoms with Gasteiger partial charge in [0, 0.05) is 16.8 Å². The Bertz CT molecular complexity index is 901. The summed E-state index contributed by atoms with van der Waals surface area (Å²) in [6.07, 6.45) is 4.17. The van der Waals surface area contributed by atoms with Gasteiger partial charge in [-0.3, -0.25) is 9.52 Å². The van der Waals surface area contributed by atoms with E-state index in [0.717, 1.165) is 11.8 Å². The lowest BCUT2D eigenvalue weighted by atomic mass is 10.1. The Labute approximate surface area is 139 Å². The molecule has 0 saturated heterocycles. The molecule has 0 spiro atoms. The molecule has 0 fully saturated rings. The molecule has 1 aliphatic rings. The van der Waals surface area contributed by atoms with Gasteiger partial charge in [0.2, 0.25) is 16.8 Å². The Hall–Kier alpha value is -2.80. The summed E-state index contributed by atoms with van der Waals surface area (Å²) in [5.74, 6) is 1.08. The molecule has 1 aliphatic heterocycles. The van der Waals surface area contributed by atoms with Gasteiger partial charge in [0.1, 0.15) is 0 Å². The Morgan fingerprint density at radius 1 is 1.12 bits per heavy atom. The molecule has 0 amide bonds. The van der Waals surface area contributed by atoms with E-state index in [1.54, 1.807) is 36.4 Å². The first-order valence-electron chi connectivity index (χ1n) is 7.11. The number of ether oxygens (including phenoxy) is 2. The van der Waals surface area contributed by atoms with Gasteiger partial charge in [-0.2, -0.15) is 0 Å². The molecule has 3 rings (SSSR count). The van der Waals surface area contributed by atoms with Gasteiger partial charge in [0.15, 0.2) is 17.3 Å². The average Bonchev–Trinajstić information content (AvgIpc) is 3.01. The summed E-state index contributed by atoms with van der Waals surface area (Å²) in [6, 6.07) is 11.7. The molecule has 0 saturated carbocycles. The quantitative estimate of drug-likeness (QED) is 0.665. The van der Waals surface area contributed by atoms with Crippen LogP contribution >= 0.6 is 0 Å². The van der Waals surface area contributed by atoms with Gasteiger partial charge in [0.05, 0.1) is 6.26 Å². The number of anilines is 1. The molecule has 0 bridgehead atoms. The highest BCUT2D eigenvalue weighted by Crippen LogP contribution is 2.35. The Kier molecular flexibility index (Phi) is 4.26. The van der Waals surface area contributed by atoms with Crippen LogP contribution in [-0.2, 0) is 10.0 Å². The van der Waals surface area contributed by atoms with Gasteiger partial charge in [-0.25, -0.2) is 8.42 Å². The number of carbonyl (C=O) groups is 1. The summed E-state index contributed by atoms with van der Waals surface area (Å²) in [5.41, 5.74) is 1.62. The molecule has 124 valence electrons. The van der Waals surface area contributed by atoms with E-state index < -0.39 is 10.0 Å². The molecule has 1 N–H and O–H groups in total. The minimum atomic E-state index is -3.34. The minimum absolute atomic E-state index is 0.170. The number of nitrogens with one attached hydrogen (secondary N) is 1. The third kappa shape index (κ3) is 3.75. The lowest BCUT2D eigenvalue weighted by molar-refractivity contribution is 0.104. The molecule has 0 radical (unpaired) electrons. The van der Waals surface area contributed by atoms with Crippen molar-refractivity contribution in [2.45, 2.75) is 0 Å². The van der Waals surface area contributed by atoms with Crippen LogP contribution in [-0.4, -0.2) is 27.2 Å². The van der Waals surface area contributed by atoms with E-state index in [-0.39, 0.29) is 12.6 Å². The standard InChI is InChI=1S/C17H15NO5S/c1-24(20,21)18-14-8-5-12(6-9-14)15(19)10-7-13-3-2-4-16-17(13)23-11-22-16/h2-10,18H,11H2,1H3/b10-7-. The van der Waals surface area contributed by atoms with Crippen molar-refractivity contribution in [3.05, 3.63) is 59.7 Å². The summed E-state index contributed by atoms with van der Waals surface area (Å²) < 4.78 is 35.3. The first-order valence-corrected chi connectivity index (χ1v) is 9.00. The second-order valence-corrected chi connectivity index (χ2v) is 6.98. The van der Waals surface area contributed by atoms with Gasteiger partial charge in [0.25, 0.3) is 0 Å². The third-order valence-corrected chi connectivity index (χ3v) is 3.92. The molecule has 0 unspecified atom stereocenters. The molecular weight excluding hydrogens is 330 g/mol. The fourth-order valence-electron chi connectivity index (χ4n) is 2.26. The van der Waals surface area contributed by atoms with Gasteiger partial charge in [-0.05, 0) is 42.5 Å². The Morgan fingerprint density at radius 2 is 1.88 bits per heavy atom. The van der Waals surface area contributed by atoms with Gasteiger partial charge in [-0.1, -0.05) is 12.1 Å². The highest BCUT2D eigenvalue weighted by molar-refractivity contribution is 7.92. The molecule has 6 nitrogen and oxygen atoms in total. The van der Waals surface area contributed by atoms with E-state index in [1.807, 2.05) is 12.1 Å². The zero-order valence-corrected chi connectivity index (χ0v) is 13.7. The van der Waals surface area contributed by atoms with Crippen LogP contribution in [0.4, 0.5) is 5.69 Å². The predicted octanol–water partition coefficient (Wildman–Crippen LogP) is 2.68. The molecule has 2 aromatic rings. The molecule has 1 heterocycles. The van der Waals surface area contributed by atoms with Crippen LogP contribution < -0.4 is 14.2 Å². The highest BCUT2D eigenvalue weighted by Gasteiger charge is 2.15. The number of carbonyl (C=O) groups excluding carboxylic acids is 1. The van der Waals surface area contributed by atoms with Crippen LogP contribution in [0.2, 0.25) is 0 Å². The normalized spacial score (nSPS) is 13.2. The topological polar surface area (TPSA) is 81.7 Å². The van der Waals surface area contributed by atoms with E-state index in [1.165, 1.54) is 6.08 Å². The number of ketones is 1. The SMILES string of the molecule is CS(=O)(=O)Nc1ccc(C(=O)/C=C\c2cccc3c2OCO3)cc1. The summed E-state index contributed by atoms with van der Waals surface area (Å²) in [6.45, 7) is 0.170. The summed E-state index contributed by atoms with van der Waals surface area (Å²) in [7, 11) is -3.34. The van der Waals surface area contributed by atoms with Crippen LogP contribution in [0.5, 0.6) is 11.5 Å². The zero-order valence-electron chi connectivity index (χ0n) is 12.9. The van der Waals surface area contributed by atoms with E-state index in [4.69, 9.17) is 9.47 Å². The Morgan fingerprint density at radius 3 is 2.58 bits per heavy atom. The van der Waals surface area contributed by atoms with E-state index in [0.29, 0.717) is 22.7 Å². The molecule has 0 atom stereocenters. The lowest BCUT2D eigenvalue weighted by Crippen LogP contribution is -2.09. The number of sulfonamides is 1. The van der Waals surface area contributed by atoms with Crippen molar-refractivity contribution in [3.8, 4) is 11.5 Å². The lowest BCUT2D eigenvalue weighted by Gasteiger charge is -2.04. The maximum absolute atomic E-state index is 12.2. The van der Waals surface area contributed by atoms with Gasteiger partial charge < -0.3 is 9.47 Å². The van der Waals surface area contributed by atoms with Crippen LogP contribution in [0.25, 0.3) is 6.08 Å². The van der Waals surface area contributed by atoms with E-state index in [9.17, 15) is 13.2 Å². The van der Waals surface area contributed by atoms with Gasteiger partial charge in [-0.15, -0.1) is 0 Å². The molecule has 0 aliphatic carbocycles. The Balaban J connectivity index is 1.74. The molecule has 24 heavy (non-hydrogen) atoms. The number of benzene rings is 2. The predicted molar refractivity (Wildman–Crippen MR) is 90.8 cm³/mol. The van der Waals surface area contributed by atoms with Crippen molar-refractivity contribution in [3.63, 3.8) is 0 Å². The number of allylic oxidation sites excluding steroid dienone is 1. The third-order valence-electron chi connectivity index (χ3n) is 3.31. The molecule has 0 aromatic heterocycles. The minimum Gasteiger partial charge on any atom is -0.454 e. The molecule has 7 heteroatoms. The number of hydrogen-bond acceptors (Lipinski definition) is 5. The van der Waals surface area contributed by atoms with Crippen LogP contribution in [0.1, 0.15) is 15.9 Å². The second-order valence-electron chi connectivity index (χ2n) is 5.23. The fraction of sp³-hybridized carbons (Fsp3) is 0.118. The van der Waals surface area contributed by atoms with Crippen molar-refractivity contribution < 1.29 is 22.7 Å². The molecule has 2 aromatic carbocycles. The maximum Gasteiger partial charge on any atom is 0.231 e. The van der Waals surface area contributed by atoms with Crippen LogP contribution in [0.3, 0.4) is 0 Å². The van der Waals surface area contributed by atoms with Crippen molar-refractivity contribution in [1.29, 1.82) is 0 Å². The van der Waals surface area contributed by atoms with Crippen molar-refractivity contribution in [2.24, 2.45) is 0 Å². The second kappa shape index (κ2) is 6.37. The fourth-order valence-corrected chi connectivity index (χ4v) is 2.83. The highest BCUT2D eigenvalue weighted by atomic mass is 32.2. The van der Waals surface area contributed by atoms with Gasteiger partial charge >= 0.3 is 0 Å².